The fraction of sp³-hybridized carbons (Fsp3) is 0.588. The van der Waals surface area contributed by atoms with Gasteiger partial charge in [-0.1, -0.05) is 19.3 Å². The summed E-state index contributed by atoms with van der Waals surface area (Å²) in [6, 6.07) is 4.43. The van der Waals surface area contributed by atoms with E-state index in [0.29, 0.717) is 5.69 Å². The average Bonchev–Trinajstić information content (AvgIpc) is 2.46. The number of carbonyl (C=O) groups is 1. The van der Waals surface area contributed by atoms with Gasteiger partial charge in [-0.15, -0.1) is 0 Å². The summed E-state index contributed by atoms with van der Waals surface area (Å²) >= 11 is 0. The highest BCUT2D eigenvalue weighted by molar-refractivity contribution is 7.89. The first-order chi connectivity index (χ1) is 11.1. The van der Waals surface area contributed by atoms with Gasteiger partial charge < -0.3 is 10.4 Å². The molecule has 24 heavy (non-hydrogen) atoms. The summed E-state index contributed by atoms with van der Waals surface area (Å²) in [5, 5.41) is 12.5. The predicted molar refractivity (Wildman–Crippen MR) is 94.0 cm³/mol. The Balaban J connectivity index is 2.40. The summed E-state index contributed by atoms with van der Waals surface area (Å²) in [6.07, 6.45) is 5.42. The summed E-state index contributed by atoms with van der Waals surface area (Å²) < 4.78 is 28.1. The molecule has 1 saturated carbocycles. The van der Waals surface area contributed by atoms with Crippen LogP contribution >= 0.6 is 0 Å². The van der Waals surface area contributed by atoms with Crippen LogP contribution < -0.4 is 10.0 Å². The number of hydrogen-bond acceptors (Lipinski definition) is 4. The van der Waals surface area contributed by atoms with Gasteiger partial charge in [0, 0.05) is 11.6 Å². The van der Waals surface area contributed by atoms with Crippen molar-refractivity contribution in [2.75, 3.05) is 5.32 Å². The largest absolute Gasteiger partial charge is 0.478 e. The van der Waals surface area contributed by atoms with Gasteiger partial charge in [-0.2, -0.15) is 0 Å². The van der Waals surface area contributed by atoms with Crippen molar-refractivity contribution in [1.29, 1.82) is 0 Å². The maximum atomic E-state index is 12.7. The van der Waals surface area contributed by atoms with Crippen LogP contribution in [0.5, 0.6) is 0 Å². The van der Waals surface area contributed by atoms with Gasteiger partial charge in [-0.05, 0) is 51.8 Å². The van der Waals surface area contributed by atoms with Crippen LogP contribution in [0.2, 0.25) is 0 Å². The second-order valence-electron chi connectivity index (χ2n) is 7.35. The van der Waals surface area contributed by atoms with Gasteiger partial charge in [0.15, 0.2) is 0 Å². The molecular weight excluding hydrogens is 328 g/mol. The molecule has 1 aromatic carbocycles. The number of anilines is 1. The molecule has 0 heterocycles. The molecule has 1 aliphatic carbocycles. The normalized spacial score (nSPS) is 16.8. The van der Waals surface area contributed by atoms with E-state index in [-0.39, 0.29) is 16.5 Å². The van der Waals surface area contributed by atoms with Crippen LogP contribution in [0.1, 0.15) is 63.2 Å². The molecular formula is C17H26N2O4S. The van der Waals surface area contributed by atoms with Crippen LogP contribution in [0.3, 0.4) is 0 Å². The van der Waals surface area contributed by atoms with E-state index in [4.69, 9.17) is 0 Å². The van der Waals surface area contributed by atoms with Gasteiger partial charge in [-0.3, -0.25) is 0 Å². The van der Waals surface area contributed by atoms with Gasteiger partial charge in [0.1, 0.15) is 4.90 Å². The zero-order chi connectivity index (χ0) is 18.0. The lowest BCUT2D eigenvalue weighted by Gasteiger charge is -2.26. The predicted octanol–water partition coefficient (Wildman–Crippen LogP) is 3.21. The van der Waals surface area contributed by atoms with Crippen LogP contribution in [0.15, 0.2) is 23.1 Å². The quantitative estimate of drug-likeness (QED) is 0.755. The van der Waals surface area contributed by atoms with Crippen molar-refractivity contribution in [3.05, 3.63) is 23.8 Å². The monoisotopic (exact) mass is 354 g/mol. The molecule has 0 radical (unpaired) electrons. The molecule has 0 aromatic heterocycles. The van der Waals surface area contributed by atoms with Crippen LogP contribution in [-0.2, 0) is 10.0 Å². The minimum atomic E-state index is -3.83. The van der Waals surface area contributed by atoms with Gasteiger partial charge in [-0.25, -0.2) is 17.9 Å². The Hall–Kier alpha value is -1.60. The van der Waals surface area contributed by atoms with Crippen molar-refractivity contribution in [1.82, 2.24) is 4.72 Å². The summed E-state index contributed by atoms with van der Waals surface area (Å²) in [7, 11) is -3.83. The number of hydrogen-bond donors (Lipinski definition) is 3. The smallest absolute Gasteiger partial charge is 0.335 e. The van der Waals surface area contributed by atoms with E-state index in [1.54, 1.807) is 26.8 Å². The molecule has 0 saturated heterocycles. The molecule has 0 unspecified atom stereocenters. The maximum absolute atomic E-state index is 12.7. The Bertz CT molecular complexity index is 702. The Morgan fingerprint density at radius 2 is 1.79 bits per heavy atom. The fourth-order valence-electron chi connectivity index (χ4n) is 2.92. The summed E-state index contributed by atoms with van der Waals surface area (Å²) in [4.78, 5) is 11.2. The van der Waals surface area contributed by atoms with E-state index < -0.39 is 21.5 Å². The molecule has 0 spiro atoms. The molecule has 0 bridgehead atoms. The number of rotatable bonds is 5. The van der Waals surface area contributed by atoms with Crippen LogP contribution in [0.4, 0.5) is 5.69 Å². The van der Waals surface area contributed by atoms with E-state index >= 15 is 0 Å². The van der Waals surface area contributed by atoms with Crippen molar-refractivity contribution >= 4 is 21.7 Å². The first kappa shape index (κ1) is 18.7. The molecule has 0 atom stereocenters. The number of carboxylic acids is 1. The van der Waals surface area contributed by atoms with Gasteiger partial charge >= 0.3 is 5.97 Å². The van der Waals surface area contributed by atoms with E-state index in [9.17, 15) is 18.3 Å². The lowest BCUT2D eigenvalue weighted by molar-refractivity contribution is 0.0696. The molecule has 2 rings (SSSR count). The zero-order valence-corrected chi connectivity index (χ0v) is 15.2. The Morgan fingerprint density at radius 3 is 2.33 bits per heavy atom. The standard InChI is InChI=1S/C17H26N2O4S/c1-17(2,3)19-24(22,23)15-11-12(16(20)21)9-10-14(15)18-13-7-5-4-6-8-13/h9-11,13,18-19H,4-8H2,1-3H3,(H,20,21). The number of sulfonamides is 1. The highest BCUT2D eigenvalue weighted by Gasteiger charge is 2.27. The van der Waals surface area contributed by atoms with Crippen molar-refractivity contribution in [3.8, 4) is 0 Å². The first-order valence-electron chi connectivity index (χ1n) is 8.26. The number of benzene rings is 1. The van der Waals surface area contributed by atoms with Crippen LogP contribution in [0.25, 0.3) is 0 Å². The molecule has 3 N–H and O–H groups in total. The summed E-state index contributed by atoms with van der Waals surface area (Å²) in [5.74, 6) is -1.15. The molecule has 1 aromatic rings. The third kappa shape index (κ3) is 4.95. The van der Waals surface area contributed by atoms with Crippen molar-refractivity contribution in [3.63, 3.8) is 0 Å². The van der Waals surface area contributed by atoms with Gasteiger partial charge in [0.05, 0.1) is 11.3 Å². The highest BCUT2D eigenvalue weighted by Crippen LogP contribution is 2.28. The Kier molecular flexibility index (Phi) is 5.55. The number of aromatic carboxylic acids is 1. The van der Waals surface area contributed by atoms with Gasteiger partial charge in [0.25, 0.3) is 0 Å². The second kappa shape index (κ2) is 7.11. The maximum Gasteiger partial charge on any atom is 0.335 e. The van der Waals surface area contributed by atoms with Crippen molar-refractivity contribution in [2.24, 2.45) is 0 Å². The Labute approximate surface area is 143 Å². The minimum Gasteiger partial charge on any atom is -0.478 e. The SMILES string of the molecule is CC(C)(C)NS(=O)(=O)c1cc(C(=O)O)ccc1NC1CCCCC1. The Morgan fingerprint density at radius 1 is 1.17 bits per heavy atom. The minimum absolute atomic E-state index is 0.0112. The molecule has 1 aliphatic rings. The van der Waals surface area contributed by atoms with Gasteiger partial charge in [0.2, 0.25) is 10.0 Å². The number of carboxylic acid groups (broad SMARTS) is 1. The van der Waals surface area contributed by atoms with Crippen LogP contribution in [-0.4, -0.2) is 31.1 Å². The summed E-state index contributed by atoms with van der Waals surface area (Å²) in [5.41, 5.74) is -0.234. The third-order valence-electron chi connectivity index (χ3n) is 3.92. The lowest BCUT2D eigenvalue weighted by atomic mass is 9.95. The average molecular weight is 354 g/mol. The molecule has 1 fully saturated rings. The topological polar surface area (TPSA) is 95.5 Å². The second-order valence-corrected chi connectivity index (χ2v) is 9.00. The van der Waals surface area contributed by atoms with Crippen LogP contribution in [0, 0.1) is 0 Å². The summed E-state index contributed by atoms with van der Waals surface area (Å²) in [6.45, 7) is 5.25. The highest BCUT2D eigenvalue weighted by atomic mass is 32.2. The molecule has 7 heteroatoms. The van der Waals surface area contributed by atoms with Crippen molar-refractivity contribution in [2.45, 2.75) is 69.4 Å². The third-order valence-corrected chi connectivity index (χ3v) is 5.72. The van der Waals surface area contributed by atoms with E-state index in [1.807, 2.05) is 0 Å². The fourth-order valence-corrected chi connectivity index (χ4v) is 4.54. The molecule has 6 nitrogen and oxygen atoms in total. The van der Waals surface area contributed by atoms with E-state index in [1.165, 1.54) is 18.6 Å². The molecule has 0 amide bonds. The molecule has 134 valence electrons. The van der Waals surface area contributed by atoms with E-state index in [0.717, 1.165) is 25.7 Å². The number of nitrogens with one attached hydrogen (secondary N) is 2. The zero-order valence-electron chi connectivity index (χ0n) is 14.4. The lowest BCUT2D eigenvalue weighted by Crippen LogP contribution is -2.41. The van der Waals surface area contributed by atoms with E-state index in [2.05, 4.69) is 10.0 Å². The molecule has 0 aliphatic heterocycles. The van der Waals surface area contributed by atoms with Crippen molar-refractivity contribution < 1.29 is 18.3 Å². The first-order valence-corrected chi connectivity index (χ1v) is 9.75.